The van der Waals surface area contributed by atoms with Crippen molar-refractivity contribution in [1.82, 2.24) is 0 Å². The van der Waals surface area contributed by atoms with E-state index in [9.17, 15) is 4.39 Å². The summed E-state index contributed by atoms with van der Waals surface area (Å²) in [7, 11) is 0. The Morgan fingerprint density at radius 1 is 1.25 bits per heavy atom. The van der Waals surface area contributed by atoms with Crippen molar-refractivity contribution in [2.45, 2.75) is 18.9 Å². The first-order valence-corrected chi connectivity index (χ1v) is 5.48. The number of fused-ring (bicyclic) bond motifs is 1. The predicted octanol–water partition coefficient (Wildman–Crippen LogP) is 2.89. The van der Waals surface area contributed by atoms with Gasteiger partial charge in [0.05, 0.1) is 5.71 Å². The second-order valence-corrected chi connectivity index (χ2v) is 4.24. The minimum Gasteiger partial charge on any atom is -0.388 e. The standard InChI is InChI=1S/C13H12FNO/c14-11-6-4-9(5-7-11)12-8-10-2-1-3-13(10)16-15-12/h1,3-7,10,13H,2,8H2. The zero-order chi connectivity index (χ0) is 11.0. The number of allylic oxidation sites excluding steroid dienone is 1. The van der Waals surface area contributed by atoms with Crippen molar-refractivity contribution in [3.63, 3.8) is 0 Å². The van der Waals surface area contributed by atoms with E-state index in [1.54, 1.807) is 12.1 Å². The van der Waals surface area contributed by atoms with Gasteiger partial charge in [0.1, 0.15) is 11.9 Å². The fourth-order valence-corrected chi connectivity index (χ4v) is 2.22. The van der Waals surface area contributed by atoms with Crippen molar-refractivity contribution < 1.29 is 9.23 Å². The smallest absolute Gasteiger partial charge is 0.149 e. The highest BCUT2D eigenvalue weighted by atomic mass is 19.1. The Balaban J connectivity index is 1.84. The van der Waals surface area contributed by atoms with Gasteiger partial charge in [-0.15, -0.1) is 0 Å². The lowest BCUT2D eigenvalue weighted by atomic mass is 9.93. The molecule has 0 bridgehead atoms. The fraction of sp³-hybridized carbons (Fsp3) is 0.308. The molecule has 1 aliphatic carbocycles. The van der Waals surface area contributed by atoms with Crippen LogP contribution >= 0.6 is 0 Å². The molecule has 16 heavy (non-hydrogen) atoms. The van der Waals surface area contributed by atoms with E-state index in [2.05, 4.69) is 17.3 Å². The maximum atomic E-state index is 12.8. The van der Waals surface area contributed by atoms with Crippen molar-refractivity contribution in [3.05, 3.63) is 47.8 Å². The van der Waals surface area contributed by atoms with Crippen LogP contribution in [0.1, 0.15) is 18.4 Å². The van der Waals surface area contributed by atoms with Crippen molar-refractivity contribution in [1.29, 1.82) is 0 Å². The molecule has 82 valence electrons. The van der Waals surface area contributed by atoms with Crippen molar-refractivity contribution in [2.24, 2.45) is 11.1 Å². The molecule has 1 heterocycles. The van der Waals surface area contributed by atoms with Gasteiger partial charge in [0.25, 0.3) is 0 Å². The van der Waals surface area contributed by atoms with Gasteiger partial charge in [-0.25, -0.2) is 4.39 Å². The molecular weight excluding hydrogens is 205 g/mol. The van der Waals surface area contributed by atoms with Gasteiger partial charge in [0.15, 0.2) is 0 Å². The molecule has 2 unspecified atom stereocenters. The number of benzene rings is 1. The number of rotatable bonds is 1. The Morgan fingerprint density at radius 3 is 2.88 bits per heavy atom. The molecule has 1 aromatic carbocycles. The second kappa shape index (κ2) is 3.74. The monoisotopic (exact) mass is 217 g/mol. The number of hydrogen-bond donors (Lipinski definition) is 0. The van der Waals surface area contributed by atoms with E-state index in [0.29, 0.717) is 5.92 Å². The molecular formula is C13H12FNO. The fourth-order valence-electron chi connectivity index (χ4n) is 2.22. The molecule has 0 fully saturated rings. The summed E-state index contributed by atoms with van der Waals surface area (Å²) in [6.07, 6.45) is 6.30. The zero-order valence-corrected chi connectivity index (χ0v) is 8.77. The lowest BCUT2D eigenvalue weighted by Gasteiger charge is -2.23. The van der Waals surface area contributed by atoms with Crippen LogP contribution in [0.5, 0.6) is 0 Å². The first-order valence-electron chi connectivity index (χ1n) is 5.48. The summed E-state index contributed by atoms with van der Waals surface area (Å²) < 4.78 is 12.8. The number of nitrogens with zero attached hydrogens (tertiary/aromatic N) is 1. The summed E-state index contributed by atoms with van der Waals surface area (Å²) in [6, 6.07) is 6.41. The van der Waals surface area contributed by atoms with Gasteiger partial charge >= 0.3 is 0 Å². The lowest BCUT2D eigenvalue weighted by molar-refractivity contribution is 0.0466. The third kappa shape index (κ3) is 1.62. The largest absolute Gasteiger partial charge is 0.388 e. The minimum atomic E-state index is -0.221. The Kier molecular flexibility index (Phi) is 2.24. The molecule has 2 atom stereocenters. The van der Waals surface area contributed by atoms with Crippen LogP contribution in [0.15, 0.2) is 41.6 Å². The average Bonchev–Trinajstić information content (AvgIpc) is 2.77. The molecule has 1 aliphatic heterocycles. The first-order chi connectivity index (χ1) is 7.83. The molecule has 2 nitrogen and oxygen atoms in total. The van der Waals surface area contributed by atoms with Crippen LogP contribution in [0.25, 0.3) is 0 Å². The van der Waals surface area contributed by atoms with Gasteiger partial charge in [-0.2, -0.15) is 0 Å². The topological polar surface area (TPSA) is 21.6 Å². The summed E-state index contributed by atoms with van der Waals surface area (Å²) >= 11 is 0. The number of halogens is 1. The Labute approximate surface area is 93.4 Å². The van der Waals surface area contributed by atoms with E-state index in [-0.39, 0.29) is 11.9 Å². The summed E-state index contributed by atoms with van der Waals surface area (Å²) in [5.41, 5.74) is 1.87. The third-order valence-electron chi connectivity index (χ3n) is 3.15. The Hall–Kier alpha value is -1.64. The molecule has 0 spiro atoms. The molecule has 0 aromatic heterocycles. The molecule has 3 heteroatoms. The Morgan fingerprint density at radius 2 is 2.06 bits per heavy atom. The van der Waals surface area contributed by atoms with Crippen molar-refractivity contribution >= 4 is 5.71 Å². The highest BCUT2D eigenvalue weighted by Gasteiger charge is 2.30. The maximum Gasteiger partial charge on any atom is 0.149 e. The molecule has 0 N–H and O–H groups in total. The van der Waals surface area contributed by atoms with E-state index >= 15 is 0 Å². The average molecular weight is 217 g/mol. The van der Waals surface area contributed by atoms with Crippen molar-refractivity contribution in [3.8, 4) is 0 Å². The molecule has 0 amide bonds. The zero-order valence-electron chi connectivity index (χ0n) is 8.77. The van der Waals surface area contributed by atoms with Crippen LogP contribution in [0.3, 0.4) is 0 Å². The Bertz CT molecular complexity index is 450. The maximum absolute atomic E-state index is 12.8. The molecule has 2 aliphatic rings. The summed E-state index contributed by atoms with van der Waals surface area (Å²) in [6.45, 7) is 0. The van der Waals surface area contributed by atoms with Gasteiger partial charge in [-0.05, 0) is 30.2 Å². The van der Waals surface area contributed by atoms with Crippen molar-refractivity contribution in [2.75, 3.05) is 0 Å². The van der Waals surface area contributed by atoms with Crippen LogP contribution < -0.4 is 0 Å². The summed E-state index contributed by atoms with van der Waals surface area (Å²) in [5.74, 6) is 0.277. The number of hydrogen-bond acceptors (Lipinski definition) is 2. The van der Waals surface area contributed by atoms with Gasteiger partial charge in [0, 0.05) is 12.3 Å². The molecule has 0 saturated carbocycles. The molecule has 0 saturated heterocycles. The molecule has 3 rings (SSSR count). The van der Waals surface area contributed by atoms with E-state index in [4.69, 9.17) is 4.84 Å². The van der Waals surface area contributed by atoms with Crippen LogP contribution in [0.4, 0.5) is 4.39 Å². The van der Waals surface area contributed by atoms with E-state index < -0.39 is 0 Å². The van der Waals surface area contributed by atoms with Gasteiger partial charge in [-0.3, -0.25) is 0 Å². The highest BCUT2D eigenvalue weighted by Crippen LogP contribution is 2.30. The minimum absolute atomic E-state index is 0.143. The highest BCUT2D eigenvalue weighted by molar-refractivity contribution is 6.00. The van der Waals surface area contributed by atoms with Crippen LogP contribution in [-0.4, -0.2) is 11.8 Å². The first kappa shape index (κ1) is 9.58. The van der Waals surface area contributed by atoms with E-state index in [0.717, 1.165) is 24.1 Å². The normalized spacial score (nSPS) is 27.2. The second-order valence-electron chi connectivity index (χ2n) is 4.24. The van der Waals surface area contributed by atoms with Crippen LogP contribution in [0.2, 0.25) is 0 Å². The van der Waals surface area contributed by atoms with Gasteiger partial charge < -0.3 is 4.84 Å². The van der Waals surface area contributed by atoms with Crippen LogP contribution in [-0.2, 0) is 4.84 Å². The van der Waals surface area contributed by atoms with Gasteiger partial charge in [0.2, 0.25) is 0 Å². The van der Waals surface area contributed by atoms with E-state index in [1.165, 1.54) is 12.1 Å². The number of oxime groups is 1. The SMILES string of the molecule is Fc1ccc(C2=NOC3C=CCC3C2)cc1. The van der Waals surface area contributed by atoms with E-state index in [1.807, 2.05) is 0 Å². The molecule has 1 aromatic rings. The van der Waals surface area contributed by atoms with Gasteiger partial charge in [-0.1, -0.05) is 23.4 Å². The summed E-state index contributed by atoms with van der Waals surface area (Å²) in [5, 5.41) is 4.11. The molecule has 0 radical (unpaired) electrons. The third-order valence-corrected chi connectivity index (χ3v) is 3.15. The van der Waals surface area contributed by atoms with Crippen LogP contribution in [0, 0.1) is 11.7 Å². The summed E-state index contributed by atoms with van der Waals surface area (Å²) in [4.78, 5) is 5.41. The predicted molar refractivity (Wildman–Crippen MR) is 59.7 cm³/mol. The quantitative estimate of drug-likeness (QED) is 0.663. The lowest BCUT2D eigenvalue weighted by Crippen LogP contribution is -2.25.